The molecule has 0 aliphatic heterocycles. The molecule has 0 unspecified atom stereocenters. The first kappa shape index (κ1) is 9.86. The molecule has 1 radical (unpaired) electrons. The number of rotatable bonds is 0. The van der Waals surface area contributed by atoms with E-state index in [1.165, 1.54) is 0 Å². The van der Waals surface area contributed by atoms with E-state index in [0.717, 1.165) is 4.90 Å². The van der Waals surface area contributed by atoms with Crippen LogP contribution in [0.3, 0.4) is 0 Å². The van der Waals surface area contributed by atoms with E-state index in [4.69, 9.17) is 11.6 Å². The molecular weight excluding hydrogens is 163 g/mol. The third-order valence-corrected chi connectivity index (χ3v) is 1.70. The predicted molar refractivity (Wildman–Crippen MR) is 44.5 cm³/mol. The average molecular weight is 168 g/mol. The van der Waals surface area contributed by atoms with E-state index in [-0.39, 0.29) is 29.6 Å². The minimum atomic E-state index is 0. The second-order valence-corrected chi connectivity index (χ2v) is 2.34. The van der Waals surface area contributed by atoms with E-state index >= 15 is 0 Å². The van der Waals surface area contributed by atoms with Gasteiger partial charge < -0.3 is 0 Å². The van der Waals surface area contributed by atoms with Crippen LogP contribution in [0.15, 0.2) is 29.2 Å². The summed E-state index contributed by atoms with van der Waals surface area (Å²) in [6.45, 7) is 0. The zero-order valence-electron chi connectivity index (χ0n) is 5.13. The Bertz CT molecular complexity index is 169. The quantitative estimate of drug-likeness (QED) is 0.445. The molecule has 0 heterocycles. The van der Waals surface area contributed by atoms with Crippen LogP contribution >= 0.6 is 24.2 Å². The molecule has 0 saturated heterocycles. The summed E-state index contributed by atoms with van der Waals surface area (Å²) in [6.07, 6.45) is 0. The summed E-state index contributed by atoms with van der Waals surface area (Å²) in [5.74, 6) is 0. The number of hydrogen-bond acceptors (Lipinski definition) is 1. The molecule has 1 rings (SSSR count). The number of benzene rings is 1. The maximum atomic E-state index is 5.63. The topological polar surface area (TPSA) is 0 Å². The molecular formula is C6H5ClNaS. The standard InChI is InChI=1S/C6H5ClS.Na/c7-5-3-1-2-4-6(5)8;/h1-4,8H;. The molecule has 0 bridgehead atoms. The fourth-order valence-corrected chi connectivity index (χ4v) is 0.748. The van der Waals surface area contributed by atoms with Crippen LogP contribution in [0.5, 0.6) is 0 Å². The predicted octanol–water partition coefficient (Wildman–Crippen LogP) is 2.25. The Hall–Kier alpha value is 0.860. The molecule has 3 heteroatoms. The van der Waals surface area contributed by atoms with Crippen LogP contribution in [0.1, 0.15) is 0 Å². The van der Waals surface area contributed by atoms with Gasteiger partial charge in [0.1, 0.15) is 0 Å². The first-order valence-corrected chi connectivity index (χ1v) is 3.07. The van der Waals surface area contributed by atoms with Crippen LogP contribution in [0.25, 0.3) is 0 Å². The monoisotopic (exact) mass is 167 g/mol. The normalized spacial score (nSPS) is 8.22. The van der Waals surface area contributed by atoms with Gasteiger partial charge in [0.2, 0.25) is 0 Å². The fourth-order valence-electron chi connectivity index (χ4n) is 0.452. The maximum absolute atomic E-state index is 5.63. The molecule has 0 aliphatic carbocycles. The number of thiol groups is 1. The van der Waals surface area contributed by atoms with E-state index in [2.05, 4.69) is 12.6 Å². The second-order valence-electron chi connectivity index (χ2n) is 1.45. The van der Waals surface area contributed by atoms with Gasteiger partial charge in [-0.05, 0) is 12.1 Å². The van der Waals surface area contributed by atoms with Gasteiger partial charge in [0.25, 0.3) is 0 Å². The molecule has 0 nitrogen and oxygen atoms in total. The van der Waals surface area contributed by atoms with Gasteiger partial charge in [-0.1, -0.05) is 23.7 Å². The van der Waals surface area contributed by atoms with Crippen molar-refractivity contribution in [1.29, 1.82) is 0 Å². The van der Waals surface area contributed by atoms with Crippen LogP contribution in [0, 0.1) is 0 Å². The minimum absolute atomic E-state index is 0. The number of hydrogen-bond donors (Lipinski definition) is 1. The summed E-state index contributed by atoms with van der Waals surface area (Å²) in [4.78, 5) is 0.828. The van der Waals surface area contributed by atoms with Crippen LogP contribution in [-0.2, 0) is 0 Å². The van der Waals surface area contributed by atoms with Crippen molar-refractivity contribution in [3.05, 3.63) is 29.3 Å². The van der Waals surface area contributed by atoms with Gasteiger partial charge in [0.15, 0.2) is 0 Å². The summed E-state index contributed by atoms with van der Waals surface area (Å²) >= 11 is 9.70. The van der Waals surface area contributed by atoms with Gasteiger partial charge in [-0.2, -0.15) is 0 Å². The van der Waals surface area contributed by atoms with Gasteiger partial charge in [-0.15, -0.1) is 12.6 Å². The molecule has 9 heavy (non-hydrogen) atoms. The number of halogens is 1. The Labute approximate surface area is 87.3 Å². The molecule has 0 aromatic heterocycles. The average Bonchev–Trinajstić information content (AvgIpc) is 1.77. The van der Waals surface area contributed by atoms with E-state index in [1.54, 1.807) is 0 Å². The first-order valence-electron chi connectivity index (χ1n) is 2.24. The molecule has 0 amide bonds. The third kappa shape index (κ3) is 2.96. The van der Waals surface area contributed by atoms with Crippen LogP contribution in [0.4, 0.5) is 0 Å². The molecule has 1 aromatic carbocycles. The largest absolute Gasteiger partial charge is 0.142 e. The second kappa shape index (κ2) is 4.64. The Kier molecular flexibility index (Phi) is 5.08. The molecule has 43 valence electrons. The minimum Gasteiger partial charge on any atom is -0.142 e. The Morgan fingerprint density at radius 3 is 2.11 bits per heavy atom. The van der Waals surface area contributed by atoms with Crippen molar-refractivity contribution in [2.24, 2.45) is 0 Å². The summed E-state index contributed by atoms with van der Waals surface area (Å²) < 4.78 is 0. The van der Waals surface area contributed by atoms with Crippen molar-refractivity contribution in [1.82, 2.24) is 0 Å². The van der Waals surface area contributed by atoms with Crippen molar-refractivity contribution < 1.29 is 0 Å². The molecule has 0 atom stereocenters. The molecule has 1 aromatic rings. The Morgan fingerprint density at radius 2 is 1.78 bits per heavy atom. The van der Waals surface area contributed by atoms with E-state index in [1.807, 2.05) is 24.3 Å². The first-order chi connectivity index (χ1) is 3.80. The molecule has 0 N–H and O–H groups in total. The Morgan fingerprint density at radius 1 is 1.22 bits per heavy atom. The fraction of sp³-hybridized carbons (Fsp3) is 0. The maximum Gasteiger partial charge on any atom is 0.0539 e. The molecule has 0 aliphatic rings. The molecule has 0 saturated carbocycles. The van der Waals surface area contributed by atoms with E-state index in [9.17, 15) is 0 Å². The SMILES string of the molecule is Sc1ccccc1Cl.[Na]. The summed E-state index contributed by atoms with van der Waals surface area (Å²) in [5.41, 5.74) is 0. The van der Waals surface area contributed by atoms with E-state index in [0.29, 0.717) is 5.02 Å². The zero-order valence-corrected chi connectivity index (χ0v) is 8.78. The smallest absolute Gasteiger partial charge is 0.0539 e. The van der Waals surface area contributed by atoms with Crippen molar-refractivity contribution in [2.75, 3.05) is 0 Å². The zero-order chi connectivity index (χ0) is 5.98. The van der Waals surface area contributed by atoms with Crippen LogP contribution < -0.4 is 0 Å². The third-order valence-electron chi connectivity index (χ3n) is 0.852. The van der Waals surface area contributed by atoms with Crippen molar-refractivity contribution in [3.8, 4) is 0 Å². The van der Waals surface area contributed by atoms with Crippen molar-refractivity contribution in [3.63, 3.8) is 0 Å². The van der Waals surface area contributed by atoms with Crippen LogP contribution in [-0.4, -0.2) is 29.6 Å². The molecule has 0 fully saturated rings. The van der Waals surface area contributed by atoms with E-state index < -0.39 is 0 Å². The van der Waals surface area contributed by atoms with Crippen LogP contribution in [0.2, 0.25) is 5.02 Å². The van der Waals surface area contributed by atoms with Crippen molar-refractivity contribution in [2.45, 2.75) is 4.90 Å². The van der Waals surface area contributed by atoms with Gasteiger partial charge in [-0.3, -0.25) is 0 Å². The van der Waals surface area contributed by atoms with Gasteiger partial charge in [0.05, 0.1) is 5.02 Å². The summed E-state index contributed by atoms with van der Waals surface area (Å²) in [7, 11) is 0. The van der Waals surface area contributed by atoms with Gasteiger partial charge in [0, 0.05) is 34.5 Å². The summed E-state index contributed by atoms with van der Waals surface area (Å²) in [5, 5.41) is 0.704. The molecule has 0 spiro atoms. The Balaban J connectivity index is 0.000000640. The summed E-state index contributed by atoms with van der Waals surface area (Å²) in [6, 6.07) is 7.44. The van der Waals surface area contributed by atoms with Crippen molar-refractivity contribution >= 4 is 53.8 Å². The van der Waals surface area contributed by atoms with Gasteiger partial charge >= 0.3 is 0 Å². The van der Waals surface area contributed by atoms with Gasteiger partial charge in [-0.25, -0.2) is 0 Å².